The first kappa shape index (κ1) is 9.31. The van der Waals surface area contributed by atoms with E-state index in [4.69, 9.17) is 0 Å². The SMILES string of the molecule is C=C/C=C\C1=C(C)CCC[C@@H]1C. The Morgan fingerprint density at radius 1 is 1.50 bits per heavy atom. The number of hydrogen-bond donors (Lipinski definition) is 0. The molecule has 0 aliphatic heterocycles. The van der Waals surface area contributed by atoms with Crippen LogP contribution < -0.4 is 0 Å². The molecule has 0 spiro atoms. The highest BCUT2D eigenvalue weighted by Gasteiger charge is 2.13. The molecule has 0 aromatic carbocycles. The summed E-state index contributed by atoms with van der Waals surface area (Å²) >= 11 is 0. The highest BCUT2D eigenvalue weighted by atomic mass is 14.2. The first-order valence-corrected chi connectivity index (χ1v) is 4.74. The summed E-state index contributed by atoms with van der Waals surface area (Å²) in [5.74, 6) is 0.745. The normalized spacial score (nSPS) is 25.0. The fourth-order valence-corrected chi connectivity index (χ4v) is 1.87. The molecule has 0 saturated carbocycles. The van der Waals surface area contributed by atoms with Crippen molar-refractivity contribution in [2.75, 3.05) is 0 Å². The van der Waals surface area contributed by atoms with Crippen molar-refractivity contribution in [1.29, 1.82) is 0 Å². The van der Waals surface area contributed by atoms with Gasteiger partial charge in [-0.05, 0) is 37.7 Å². The van der Waals surface area contributed by atoms with Crippen LogP contribution in [0.15, 0.2) is 36.0 Å². The quantitative estimate of drug-likeness (QED) is 0.541. The topological polar surface area (TPSA) is 0 Å². The molecule has 0 heteroatoms. The zero-order valence-electron chi connectivity index (χ0n) is 8.14. The largest absolute Gasteiger partial charge is 0.0991 e. The number of allylic oxidation sites excluding steroid dienone is 5. The third-order valence-electron chi connectivity index (χ3n) is 2.62. The zero-order valence-corrected chi connectivity index (χ0v) is 8.14. The zero-order chi connectivity index (χ0) is 8.97. The van der Waals surface area contributed by atoms with Gasteiger partial charge in [0.05, 0.1) is 0 Å². The molecule has 0 unspecified atom stereocenters. The van der Waals surface area contributed by atoms with Crippen LogP contribution in [0.2, 0.25) is 0 Å². The van der Waals surface area contributed by atoms with Gasteiger partial charge in [-0.3, -0.25) is 0 Å². The predicted octanol–water partition coefficient (Wildman–Crippen LogP) is 3.87. The summed E-state index contributed by atoms with van der Waals surface area (Å²) in [6.07, 6.45) is 10.1. The molecule has 1 rings (SSSR count). The van der Waals surface area contributed by atoms with E-state index in [1.165, 1.54) is 24.8 Å². The van der Waals surface area contributed by atoms with Crippen molar-refractivity contribution in [3.63, 3.8) is 0 Å². The molecule has 66 valence electrons. The van der Waals surface area contributed by atoms with Crippen molar-refractivity contribution in [3.05, 3.63) is 36.0 Å². The minimum atomic E-state index is 0.745. The second kappa shape index (κ2) is 4.30. The van der Waals surface area contributed by atoms with Crippen LogP contribution in [0.5, 0.6) is 0 Å². The number of hydrogen-bond acceptors (Lipinski definition) is 0. The lowest BCUT2D eigenvalue weighted by Gasteiger charge is -2.21. The first-order chi connectivity index (χ1) is 5.75. The van der Waals surface area contributed by atoms with Gasteiger partial charge in [0.25, 0.3) is 0 Å². The van der Waals surface area contributed by atoms with E-state index in [9.17, 15) is 0 Å². The van der Waals surface area contributed by atoms with Crippen LogP contribution in [-0.4, -0.2) is 0 Å². The summed E-state index contributed by atoms with van der Waals surface area (Å²) in [5.41, 5.74) is 3.09. The van der Waals surface area contributed by atoms with Crippen LogP contribution in [0.3, 0.4) is 0 Å². The van der Waals surface area contributed by atoms with E-state index >= 15 is 0 Å². The van der Waals surface area contributed by atoms with Crippen LogP contribution >= 0.6 is 0 Å². The minimum Gasteiger partial charge on any atom is -0.0991 e. The van der Waals surface area contributed by atoms with Gasteiger partial charge in [0.2, 0.25) is 0 Å². The van der Waals surface area contributed by atoms with E-state index in [1.807, 2.05) is 12.2 Å². The Hall–Kier alpha value is -0.780. The van der Waals surface area contributed by atoms with E-state index in [2.05, 4.69) is 26.5 Å². The van der Waals surface area contributed by atoms with E-state index in [0.717, 1.165) is 5.92 Å². The van der Waals surface area contributed by atoms with E-state index in [-0.39, 0.29) is 0 Å². The fraction of sp³-hybridized carbons (Fsp3) is 0.500. The maximum atomic E-state index is 3.69. The molecule has 0 saturated heterocycles. The van der Waals surface area contributed by atoms with Crippen LogP contribution in [0.1, 0.15) is 33.1 Å². The van der Waals surface area contributed by atoms with E-state index < -0.39 is 0 Å². The van der Waals surface area contributed by atoms with E-state index in [0.29, 0.717) is 0 Å². The lowest BCUT2D eigenvalue weighted by atomic mass is 9.84. The van der Waals surface area contributed by atoms with Crippen molar-refractivity contribution in [1.82, 2.24) is 0 Å². The third-order valence-corrected chi connectivity index (χ3v) is 2.62. The Labute approximate surface area is 75.7 Å². The molecule has 1 atom stereocenters. The van der Waals surface area contributed by atoms with Gasteiger partial charge in [-0.25, -0.2) is 0 Å². The molecule has 1 aliphatic carbocycles. The molecule has 0 radical (unpaired) electrons. The van der Waals surface area contributed by atoms with Gasteiger partial charge in [0, 0.05) is 0 Å². The average molecular weight is 162 g/mol. The first-order valence-electron chi connectivity index (χ1n) is 4.74. The molecular weight excluding hydrogens is 144 g/mol. The molecule has 0 fully saturated rings. The minimum absolute atomic E-state index is 0.745. The van der Waals surface area contributed by atoms with Crippen molar-refractivity contribution in [3.8, 4) is 0 Å². The average Bonchev–Trinajstić information content (AvgIpc) is 2.04. The summed E-state index contributed by atoms with van der Waals surface area (Å²) in [6, 6.07) is 0. The van der Waals surface area contributed by atoms with Crippen molar-refractivity contribution < 1.29 is 0 Å². The summed E-state index contributed by atoms with van der Waals surface area (Å²) in [7, 11) is 0. The molecule has 0 amide bonds. The summed E-state index contributed by atoms with van der Waals surface area (Å²) in [5, 5.41) is 0. The van der Waals surface area contributed by atoms with Crippen molar-refractivity contribution in [2.45, 2.75) is 33.1 Å². The predicted molar refractivity (Wildman–Crippen MR) is 55.1 cm³/mol. The lowest BCUT2D eigenvalue weighted by molar-refractivity contribution is 0.546. The van der Waals surface area contributed by atoms with Gasteiger partial charge in [-0.1, -0.05) is 37.3 Å². The standard InChI is InChI=1S/C12H18/c1-4-5-9-12-10(2)7-6-8-11(12)3/h4-5,9-10H,1,6-8H2,2-3H3/b9-5-/t10-/m0/s1. The second-order valence-electron chi connectivity index (χ2n) is 3.62. The fourth-order valence-electron chi connectivity index (χ4n) is 1.87. The Morgan fingerprint density at radius 2 is 2.25 bits per heavy atom. The second-order valence-corrected chi connectivity index (χ2v) is 3.62. The molecule has 0 bridgehead atoms. The van der Waals surface area contributed by atoms with Gasteiger partial charge in [-0.15, -0.1) is 0 Å². The molecule has 0 heterocycles. The summed E-state index contributed by atoms with van der Waals surface area (Å²) in [6.45, 7) is 8.25. The molecular formula is C12H18. The lowest BCUT2D eigenvalue weighted by Crippen LogP contribution is -2.05. The Morgan fingerprint density at radius 3 is 2.83 bits per heavy atom. The summed E-state index contributed by atoms with van der Waals surface area (Å²) < 4.78 is 0. The highest BCUT2D eigenvalue weighted by molar-refractivity contribution is 5.30. The third kappa shape index (κ3) is 2.10. The maximum Gasteiger partial charge on any atom is -0.0191 e. The molecule has 0 N–H and O–H groups in total. The maximum absolute atomic E-state index is 3.69. The van der Waals surface area contributed by atoms with Gasteiger partial charge in [0.15, 0.2) is 0 Å². The number of rotatable bonds is 2. The van der Waals surface area contributed by atoms with Gasteiger partial charge in [-0.2, -0.15) is 0 Å². The Balaban J connectivity index is 2.80. The van der Waals surface area contributed by atoms with Crippen LogP contribution in [0.4, 0.5) is 0 Å². The van der Waals surface area contributed by atoms with Crippen LogP contribution in [0, 0.1) is 5.92 Å². The smallest absolute Gasteiger partial charge is 0.0191 e. The van der Waals surface area contributed by atoms with Crippen molar-refractivity contribution >= 4 is 0 Å². The molecule has 1 aliphatic rings. The Bertz CT molecular complexity index is 218. The molecule has 0 aromatic heterocycles. The van der Waals surface area contributed by atoms with Gasteiger partial charge < -0.3 is 0 Å². The van der Waals surface area contributed by atoms with Crippen molar-refractivity contribution in [2.24, 2.45) is 5.92 Å². The Kier molecular flexibility index (Phi) is 3.33. The van der Waals surface area contributed by atoms with E-state index in [1.54, 1.807) is 5.57 Å². The van der Waals surface area contributed by atoms with Crippen LogP contribution in [-0.2, 0) is 0 Å². The van der Waals surface area contributed by atoms with Gasteiger partial charge >= 0.3 is 0 Å². The molecule has 0 aromatic rings. The van der Waals surface area contributed by atoms with Gasteiger partial charge in [0.1, 0.15) is 0 Å². The molecule has 0 nitrogen and oxygen atoms in total. The summed E-state index contributed by atoms with van der Waals surface area (Å²) in [4.78, 5) is 0. The molecule has 12 heavy (non-hydrogen) atoms. The monoisotopic (exact) mass is 162 g/mol. The van der Waals surface area contributed by atoms with Crippen LogP contribution in [0.25, 0.3) is 0 Å². The highest BCUT2D eigenvalue weighted by Crippen LogP contribution is 2.30.